The maximum atomic E-state index is 15.0. The number of methoxy groups -OCH3 is 1. The number of nitrogens with zero attached hydrogens (tertiary/aromatic N) is 2. The van der Waals surface area contributed by atoms with Crippen molar-refractivity contribution in [3.8, 4) is 11.8 Å². The lowest BCUT2D eigenvalue weighted by molar-refractivity contribution is 0.323. The number of nitriles is 1. The summed E-state index contributed by atoms with van der Waals surface area (Å²) in [7, 11) is 1.24. The van der Waals surface area contributed by atoms with Crippen LogP contribution in [0.3, 0.4) is 0 Å². The van der Waals surface area contributed by atoms with Crippen LogP contribution in [-0.2, 0) is 0 Å². The number of nitrogens with one attached hydrogen (secondary N) is 1. The fourth-order valence-electron chi connectivity index (χ4n) is 4.07. The van der Waals surface area contributed by atoms with Crippen LogP contribution in [0.5, 0.6) is 5.75 Å². The molecule has 2 aromatic heterocycles. The Kier molecular flexibility index (Phi) is 3.47. The molecule has 2 heterocycles. The van der Waals surface area contributed by atoms with E-state index in [1.807, 2.05) is 0 Å². The first kappa shape index (κ1) is 16.8. The van der Waals surface area contributed by atoms with Gasteiger partial charge in [-0.1, -0.05) is 6.07 Å². The van der Waals surface area contributed by atoms with Gasteiger partial charge in [-0.25, -0.2) is 4.39 Å². The third kappa shape index (κ3) is 2.06. The summed E-state index contributed by atoms with van der Waals surface area (Å²) in [6.07, 6.45) is 2.62. The minimum absolute atomic E-state index is 0.0311. The van der Waals surface area contributed by atoms with Crippen molar-refractivity contribution in [2.75, 3.05) is 7.11 Å². The molecule has 2 aromatic carbocycles. The van der Waals surface area contributed by atoms with Gasteiger partial charge in [0.05, 0.1) is 35.0 Å². The Morgan fingerprint density at radius 1 is 1.21 bits per heavy atom. The van der Waals surface area contributed by atoms with Crippen LogP contribution in [0.2, 0.25) is 0 Å². The summed E-state index contributed by atoms with van der Waals surface area (Å²) in [6.45, 7) is 0. The summed E-state index contributed by atoms with van der Waals surface area (Å²) >= 11 is 0. The summed E-state index contributed by atoms with van der Waals surface area (Å²) in [5.41, 5.74) is 1.07. The van der Waals surface area contributed by atoms with E-state index in [4.69, 9.17) is 10.00 Å². The van der Waals surface area contributed by atoms with Crippen LogP contribution in [0, 0.1) is 23.0 Å². The number of hydrogen-bond acceptors (Lipinski definition) is 3. The number of aromatic nitrogens is 2. The van der Waals surface area contributed by atoms with E-state index in [1.165, 1.54) is 13.2 Å². The van der Waals surface area contributed by atoms with E-state index in [0.717, 1.165) is 19.3 Å². The first-order valence-corrected chi connectivity index (χ1v) is 9.01. The van der Waals surface area contributed by atoms with Crippen molar-refractivity contribution in [3.63, 3.8) is 0 Å². The molecule has 7 heteroatoms. The van der Waals surface area contributed by atoms with Crippen LogP contribution in [0.4, 0.5) is 8.78 Å². The van der Waals surface area contributed by atoms with Gasteiger partial charge in [-0.3, -0.25) is 4.79 Å². The van der Waals surface area contributed by atoms with Crippen molar-refractivity contribution >= 4 is 32.8 Å². The van der Waals surface area contributed by atoms with Crippen molar-refractivity contribution in [2.24, 2.45) is 0 Å². The third-order valence-electron chi connectivity index (χ3n) is 5.67. The molecule has 0 radical (unpaired) electrons. The minimum Gasteiger partial charge on any atom is -0.494 e. The number of aromatic amines is 1. The van der Waals surface area contributed by atoms with Crippen molar-refractivity contribution in [1.82, 2.24) is 9.55 Å². The van der Waals surface area contributed by atoms with Gasteiger partial charge in [-0.15, -0.1) is 0 Å². The van der Waals surface area contributed by atoms with E-state index in [1.54, 1.807) is 22.8 Å². The zero-order valence-corrected chi connectivity index (χ0v) is 15.0. The van der Waals surface area contributed by atoms with Gasteiger partial charge >= 0.3 is 0 Å². The van der Waals surface area contributed by atoms with E-state index in [-0.39, 0.29) is 22.7 Å². The number of hydrogen-bond donors (Lipinski definition) is 1. The molecule has 5 nitrogen and oxygen atoms in total. The second kappa shape index (κ2) is 5.80. The quantitative estimate of drug-likeness (QED) is 0.557. The van der Waals surface area contributed by atoms with Crippen LogP contribution < -0.4 is 10.2 Å². The van der Waals surface area contributed by atoms with E-state index in [9.17, 15) is 9.18 Å². The Labute approximate surface area is 157 Å². The molecular weight excluding hydrogens is 364 g/mol. The van der Waals surface area contributed by atoms with Crippen LogP contribution in [-0.4, -0.2) is 16.7 Å². The van der Waals surface area contributed by atoms with Crippen LogP contribution in [0.1, 0.15) is 30.9 Å². The molecule has 4 aromatic rings. The largest absolute Gasteiger partial charge is 0.494 e. The molecule has 0 spiro atoms. The Bertz CT molecular complexity index is 1390. The number of ether oxygens (including phenoxy) is 1. The highest BCUT2D eigenvalue weighted by Gasteiger charge is 2.29. The van der Waals surface area contributed by atoms with Gasteiger partial charge in [0.15, 0.2) is 17.0 Å². The predicted molar refractivity (Wildman–Crippen MR) is 102 cm³/mol. The number of halogens is 2. The number of H-pyrrole nitrogens is 1. The number of benzene rings is 2. The maximum Gasteiger partial charge on any atom is 0.202 e. The minimum atomic E-state index is -1.11. The van der Waals surface area contributed by atoms with Crippen molar-refractivity contribution in [2.45, 2.75) is 25.3 Å². The standard InChI is InChI=1S/C21H15F2N3O2/c1-28-15-8-13-19(18(23)17(15)22)26(11-3-2-4-11)21-16(20(13)27)12-6-5-10(9-24)7-14(12)25-21/h5-8,11,25H,2-4H2,1H3. The highest BCUT2D eigenvalue weighted by molar-refractivity contribution is 6.10. The van der Waals surface area contributed by atoms with Gasteiger partial charge in [-0.05, 0) is 37.5 Å². The summed E-state index contributed by atoms with van der Waals surface area (Å²) in [5, 5.41) is 10.3. The Morgan fingerprint density at radius 3 is 2.64 bits per heavy atom. The van der Waals surface area contributed by atoms with Gasteiger partial charge in [0, 0.05) is 16.9 Å². The van der Waals surface area contributed by atoms with Gasteiger partial charge in [0.1, 0.15) is 5.65 Å². The first-order valence-electron chi connectivity index (χ1n) is 9.01. The van der Waals surface area contributed by atoms with Gasteiger partial charge in [-0.2, -0.15) is 9.65 Å². The highest BCUT2D eigenvalue weighted by atomic mass is 19.2. The zero-order chi connectivity index (χ0) is 19.6. The summed E-state index contributed by atoms with van der Waals surface area (Å²) < 4.78 is 36.1. The van der Waals surface area contributed by atoms with Crippen molar-refractivity contribution in [1.29, 1.82) is 5.26 Å². The number of fused-ring (bicyclic) bond motifs is 4. The predicted octanol–water partition coefficient (Wildman–Crippen LogP) is 4.52. The zero-order valence-electron chi connectivity index (χ0n) is 15.0. The molecule has 0 amide bonds. The van der Waals surface area contributed by atoms with E-state index in [0.29, 0.717) is 27.5 Å². The molecule has 1 fully saturated rings. The normalized spacial score (nSPS) is 14.5. The fourth-order valence-corrected chi connectivity index (χ4v) is 4.07. The molecule has 0 bridgehead atoms. The average molecular weight is 379 g/mol. The van der Waals surface area contributed by atoms with Crippen LogP contribution >= 0.6 is 0 Å². The molecule has 0 saturated heterocycles. The second-order valence-corrected chi connectivity index (χ2v) is 7.11. The van der Waals surface area contributed by atoms with E-state index >= 15 is 4.39 Å². The van der Waals surface area contributed by atoms with Crippen molar-refractivity contribution in [3.05, 3.63) is 51.7 Å². The molecule has 1 saturated carbocycles. The fraction of sp³-hybridized carbons (Fsp3) is 0.238. The lowest BCUT2D eigenvalue weighted by Gasteiger charge is -2.30. The molecule has 0 atom stereocenters. The van der Waals surface area contributed by atoms with Gasteiger partial charge in [0.25, 0.3) is 0 Å². The van der Waals surface area contributed by atoms with Gasteiger partial charge < -0.3 is 14.3 Å². The molecule has 28 heavy (non-hydrogen) atoms. The van der Waals surface area contributed by atoms with Gasteiger partial charge in [0.2, 0.25) is 5.82 Å². The van der Waals surface area contributed by atoms with E-state index < -0.39 is 17.1 Å². The monoisotopic (exact) mass is 379 g/mol. The number of pyridine rings is 1. The summed E-state index contributed by atoms with van der Waals surface area (Å²) in [4.78, 5) is 16.5. The second-order valence-electron chi connectivity index (χ2n) is 7.11. The molecule has 1 N–H and O–H groups in total. The highest BCUT2D eigenvalue weighted by Crippen LogP contribution is 2.39. The lowest BCUT2D eigenvalue weighted by atomic mass is 9.92. The summed E-state index contributed by atoms with van der Waals surface area (Å²) in [6, 6.07) is 8.31. The smallest absolute Gasteiger partial charge is 0.202 e. The Morgan fingerprint density at radius 2 is 2.00 bits per heavy atom. The topological polar surface area (TPSA) is 70.8 Å². The molecule has 1 aliphatic carbocycles. The Balaban J connectivity index is 2.05. The molecule has 1 aliphatic rings. The van der Waals surface area contributed by atoms with Crippen LogP contribution in [0.25, 0.3) is 32.8 Å². The maximum absolute atomic E-state index is 15.0. The lowest BCUT2D eigenvalue weighted by Crippen LogP contribution is -2.22. The molecule has 5 rings (SSSR count). The average Bonchev–Trinajstić information content (AvgIpc) is 3.04. The third-order valence-corrected chi connectivity index (χ3v) is 5.67. The first-order chi connectivity index (χ1) is 13.5. The molecule has 0 unspecified atom stereocenters. The summed E-state index contributed by atoms with van der Waals surface area (Å²) in [5.74, 6) is -2.49. The number of rotatable bonds is 2. The van der Waals surface area contributed by atoms with Crippen molar-refractivity contribution < 1.29 is 13.5 Å². The van der Waals surface area contributed by atoms with Crippen LogP contribution in [0.15, 0.2) is 29.1 Å². The Hall–Kier alpha value is -3.40. The SMILES string of the molecule is COc1cc2c(=O)c3c4ccc(C#N)cc4[nH]c3n(C3CCC3)c2c(F)c1F. The molecular formula is C21H15F2N3O2. The van der Waals surface area contributed by atoms with E-state index in [2.05, 4.69) is 11.1 Å². The molecule has 0 aliphatic heterocycles. The molecule has 140 valence electrons.